The van der Waals surface area contributed by atoms with Gasteiger partial charge in [0.2, 0.25) is 0 Å². The predicted molar refractivity (Wildman–Crippen MR) is 97.7 cm³/mol. The summed E-state index contributed by atoms with van der Waals surface area (Å²) in [6.07, 6.45) is 2.18. The van der Waals surface area contributed by atoms with Crippen molar-refractivity contribution in [2.24, 2.45) is 0 Å². The Balaban J connectivity index is 1.87. The van der Waals surface area contributed by atoms with Crippen LogP contribution in [-0.4, -0.2) is 55.0 Å². The van der Waals surface area contributed by atoms with E-state index in [1.807, 2.05) is 13.8 Å². The lowest BCUT2D eigenvalue weighted by molar-refractivity contribution is -0.0893. The van der Waals surface area contributed by atoms with E-state index in [2.05, 4.69) is 29.2 Å². The highest BCUT2D eigenvalue weighted by molar-refractivity contribution is 6.47. The SMILES string of the molecule is CC(C)(O)C(C)(C)O[B]c1ccc(C2CCN(CCF)CC2)cc1. The number of likely N-dealkylation sites (tertiary alicyclic amines) is 1. The lowest BCUT2D eigenvalue weighted by atomic mass is 9.81. The van der Waals surface area contributed by atoms with Crippen LogP contribution in [0, 0.1) is 0 Å². The van der Waals surface area contributed by atoms with E-state index in [-0.39, 0.29) is 6.67 Å². The molecule has 1 N–H and O–H groups in total. The number of alkyl halides is 1. The first-order valence-electron chi connectivity index (χ1n) is 8.84. The van der Waals surface area contributed by atoms with Crippen molar-refractivity contribution in [3.05, 3.63) is 29.8 Å². The third-order valence-corrected chi connectivity index (χ3v) is 5.36. The molecule has 0 aliphatic carbocycles. The molecule has 0 aromatic heterocycles. The quantitative estimate of drug-likeness (QED) is 0.778. The van der Waals surface area contributed by atoms with Crippen molar-refractivity contribution in [2.75, 3.05) is 26.3 Å². The van der Waals surface area contributed by atoms with E-state index in [9.17, 15) is 9.50 Å². The van der Waals surface area contributed by atoms with Crippen LogP contribution in [0.15, 0.2) is 24.3 Å². The minimum atomic E-state index is -0.920. The second-order valence-electron chi connectivity index (χ2n) is 7.78. The molecule has 1 aromatic carbocycles. The van der Waals surface area contributed by atoms with Gasteiger partial charge in [0.25, 0.3) is 0 Å². The molecule has 5 heteroatoms. The molecular weight excluding hydrogens is 304 g/mol. The van der Waals surface area contributed by atoms with Gasteiger partial charge in [-0.05, 0) is 65.1 Å². The number of nitrogens with zero attached hydrogens (tertiary/aromatic N) is 1. The fourth-order valence-electron chi connectivity index (χ4n) is 2.82. The highest BCUT2D eigenvalue weighted by Crippen LogP contribution is 2.27. The monoisotopic (exact) mass is 334 g/mol. The number of rotatable bonds is 7. The standard InChI is InChI=1S/C19H30BFNO2/c1-18(2,23)19(3,4)24-20-17-7-5-15(6-8-17)16-9-12-22(13-10-16)14-11-21/h5-8,16,23H,9-14H2,1-4H3. The molecule has 3 nitrogen and oxygen atoms in total. The summed E-state index contributed by atoms with van der Waals surface area (Å²) in [6, 6.07) is 8.43. The molecule has 1 aliphatic rings. The zero-order chi connectivity index (χ0) is 17.8. The highest BCUT2D eigenvalue weighted by atomic mass is 19.1. The van der Waals surface area contributed by atoms with Crippen LogP contribution in [0.3, 0.4) is 0 Å². The van der Waals surface area contributed by atoms with Gasteiger partial charge in [0.15, 0.2) is 0 Å². The maximum absolute atomic E-state index is 12.4. The summed E-state index contributed by atoms with van der Waals surface area (Å²) in [5, 5.41) is 10.1. The minimum absolute atomic E-state index is 0.254. The van der Waals surface area contributed by atoms with Crippen molar-refractivity contribution in [3.63, 3.8) is 0 Å². The number of halogens is 1. The Morgan fingerprint density at radius 2 is 1.75 bits per heavy atom. The van der Waals surface area contributed by atoms with Gasteiger partial charge in [-0.25, -0.2) is 4.39 Å². The summed E-state index contributed by atoms with van der Waals surface area (Å²) >= 11 is 0. The minimum Gasteiger partial charge on any atom is -0.427 e. The Kier molecular flexibility index (Phi) is 6.46. The normalized spacial score (nSPS) is 17.9. The molecule has 1 aliphatic heterocycles. The third kappa shape index (κ3) is 5.04. The van der Waals surface area contributed by atoms with E-state index < -0.39 is 11.2 Å². The van der Waals surface area contributed by atoms with Crippen molar-refractivity contribution in [1.82, 2.24) is 4.90 Å². The van der Waals surface area contributed by atoms with Crippen molar-refractivity contribution in [3.8, 4) is 0 Å². The first kappa shape index (κ1) is 19.4. The first-order valence-corrected chi connectivity index (χ1v) is 8.84. The Morgan fingerprint density at radius 3 is 2.25 bits per heavy atom. The van der Waals surface area contributed by atoms with Crippen LogP contribution in [0.1, 0.15) is 52.0 Å². The molecular formula is C19H30BFNO2. The van der Waals surface area contributed by atoms with Gasteiger partial charge in [-0.2, -0.15) is 0 Å². The Labute approximate surface area is 146 Å². The van der Waals surface area contributed by atoms with Crippen molar-refractivity contribution < 1.29 is 14.2 Å². The summed E-state index contributed by atoms with van der Waals surface area (Å²) in [5.74, 6) is 0.559. The van der Waals surface area contributed by atoms with Crippen LogP contribution in [-0.2, 0) is 4.65 Å². The van der Waals surface area contributed by atoms with Crippen LogP contribution >= 0.6 is 0 Å². The lowest BCUT2D eigenvalue weighted by Gasteiger charge is -2.37. The van der Waals surface area contributed by atoms with Crippen LogP contribution in [0.4, 0.5) is 4.39 Å². The van der Waals surface area contributed by atoms with Gasteiger partial charge in [-0.15, -0.1) is 0 Å². The number of aliphatic hydroxyl groups is 1. The number of hydrogen-bond donors (Lipinski definition) is 1. The molecule has 0 amide bonds. The van der Waals surface area contributed by atoms with E-state index in [0.717, 1.165) is 31.4 Å². The van der Waals surface area contributed by atoms with Gasteiger partial charge >= 0.3 is 7.48 Å². The third-order valence-electron chi connectivity index (χ3n) is 5.36. The van der Waals surface area contributed by atoms with Crippen molar-refractivity contribution >= 4 is 12.9 Å². The molecule has 1 saturated heterocycles. The molecule has 0 unspecified atom stereocenters. The van der Waals surface area contributed by atoms with Gasteiger partial charge in [-0.3, -0.25) is 0 Å². The van der Waals surface area contributed by atoms with Crippen LogP contribution < -0.4 is 5.46 Å². The van der Waals surface area contributed by atoms with E-state index in [1.54, 1.807) is 21.3 Å². The topological polar surface area (TPSA) is 32.7 Å². The van der Waals surface area contributed by atoms with E-state index in [0.29, 0.717) is 12.5 Å². The average molecular weight is 334 g/mol. The fraction of sp³-hybridized carbons (Fsp3) is 0.684. The summed E-state index contributed by atoms with van der Waals surface area (Å²) < 4.78 is 18.2. The molecule has 0 saturated carbocycles. The highest BCUT2D eigenvalue weighted by Gasteiger charge is 2.35. The van der Waals surface area contributed by atoms with Crippen molar-refractivity contribution in [2.45, 2.75) is 57.7 Å². The van der Waals surface area contributed by atoms with Gasteiger partial charge in [-0.1, -0.05) is 29.7 Å². The predicted octanol–water partition coefficient (Wildman–Crippen LogP) is 2.65. The lowest BCUT2D eigenvalue weighted by Crippen LogP contribution is -2.49. The number of benzene rings is 1. The van der Waals surface area contributed by atoms with E-state index in [1.165, 1.54) is 5.56 Å². The molecule has 0 spiro atoms. The summed E-state index contributed by atoms with van der Waals surface area (Å²) in [6.45, 7) is 9.52. The molecule has 0 atom stereocenters. The molecule has 1 heterocycles. The van der Waals surface area contributed by atoms with E-state index >= 15 is 0 Å². The summed E-state index contributed by atoms with van der Waals surface area (Å²) in [5.41, 5.74) is 0.756. The van der Waals surface area contributed by atoms with Gasteiger partial charge in [0.1, 0.15) is 6.67 Å². The molecule has 1 fully saturated rings. The van der Waals surface area contributed by atoms with Gasteiger partial charge in [0, 0.05) is 6.54 Å². The van der Waals surface area contributed by atoms with Crippen LogP contribution in [0.2, 0.25) is 0 Å². The zero-order valence-electron chi connectivity index (χ0n) is 15.4. The van der Waals surface area contributed by atoms with Gasteiger partial charge in [0.05, 0.1) is 11.2 Å². The average Bonchev–Trinajstić information content (AvgIpc) is 2.54. The molecule has 24 heavy (non-hydrogen) atoms. The summed E-state index contributed by atoms with van der Waals surface area (Å²) in [7, 11) is 1.71. The molecule has 1 radical (unpaired) electrons. The van der Waals surface area contributed by atoms with Crippen LogP contribution in [0.5, 0.6) is 0 Å². The maximum atomic E-state index is 12.4. The Bertz CT molecular complexity index is 505. The summed E-state index contributed by atoms with van der Waals surface area (Å²) in [4.78, 5) is 2.20. The smallest absolute Gasteiger partial charge is 0.330 e. The first-order chi connectivity index (χ1) is 11.2. The van der Waals surface area contributed by atoms with Crippen molar-refractivity contribution in [1.29, 1.82) is 0 Å². The molecule has 133 valence electrons. The van der Waals surface area contributed by atoms with Crippen LogP contribution in [0.25, 0.3) is 0 Å². The Morgan fingerprint density at radius 1 is 1.17 bits per heavy atom. The molecule has 0 bridgehead atoms. The zero-order valence-corrected chi connectivity index (χ0v) is 15.4. The second-order valence-corrected chi connectivity index (χ2v) is 7.78. The largest absolute Gasteiger partial charge is 0.427 e. The molecule has 1 aromatic rings. The second kappa shape index (κ2) is 7.98. The van der Waals surface area contributed by atoms with Gasteiger partial charge < -0.3 is 14.7 Å². The molecule has 2 rings (SSSR count). The number of hydrogen-bond acceptors (Lipinski definition) is 3. The fourth-order valence-corrected chi connectivity index (χ4v) is 2.82. The number of piperidine rings is 1. The van der Waals surface area contributed by atoms with E-state index in [4.69, 9.17) is 4.65 Å². The Hall–Kier alpha value is -0.905. The maximum Gasteiger partial charge on any atom is 0.330 e.